The predicted molar refractivity (Wildman–Crippen MR) is 82.7 cm³/mol. The summed E-state index contributed by atoms with van der Waals surface area (Å²) in [5.74, 6) is 0. The van der Waals surface area contributed by atoms with E-state index in [1.807, 2.05) is 0 Å². The van der Waals surface area contributed by atoms with Crippen LogP contribution in [0, 0.1) is 0 Å². The van der Waals surface area contributed by atoms with Crippen molar-refractivity contribution < 1.29 is 18.3 Å². The van der Waals surface area contributed by atoms with Gasteiger partial charge in [0.05, 0.1) is 28.9 Å². The second-order valence-corrected chi connectivity index (χ2v) is 6.33. The summed E-state index contributed by atoms with van der Waals surface area (Å²) in [6.07, 6.45) is 0.470. The fourth-order valence-corrected chi connectivity index (χ4v) is 2.94. The van der Waals surface area contributed by atoms with Crippen LogP contribution in [-0.4, -0.2) is 46.4 Å². The maximum absolute atomic E-state index is 12.0. The lowest BCUT2D eigenvalue weighted by Crippen LogP contribution is -2.27. The average Bonchev–Trinajstić information content (AvgIpc) is 2.41. The molecule has 1 atom stereocenters. The van der Waals surface area contributed by atoms with Crippen molar-refractivity contribution in [3.8, 4) is 0 Å². The Labute approximate surface area is 125 Å². The predicted octanol–water partition coefficient (Wildman–Crippen LogP) is 0.376. The summed E-state index contributed by atoms with van der Waals surface area (Å²) in [5.41, 5.74) is 6.81. The summed E-state index contributed by atoms with van der Waals surface area (Å²) >= 11 is 0. The number of benzene rings is 1. The highest BCUT2D eigenvalue weighted by Crippen LogP contribution is 2.24. The molecule has 1 unspecified atom stereocenters. The molecule has 0 radical (unpaired) electrons. The maximum Gasteiger partial charge on any atom is 0.240 e. The van der Waals surface area contributed by atoms with E-state index in [0.717, 1.165) is 0 Å². The van der Waals surface area contributed by atoms with Crippen LogP contribution in [0.25, 0.3) is 0 Å². The van der Waals surface area contributed by atoms with Crippen molar-refractivity contribution in [2.24, 2.45) is 0 Å². The van der Waals surface area contributed by atoms with Gasteiger partial charge in [0.15, 0.2) is 0 Å². The molecule has 0 bridgehead atoms. The number of sulfonamides is 1. The number of aliphatic hydroxyl groups is 1. The topological polar surface area (TPSA) is 114 Å². The molecule has 0 aliphatic heterocycles. The van der Waals surface area contributed by atoms with Gasteiger partial charge in [-0.25, -0.2) is 13.1 Å². The van der Waals surface area contributed by atoms with E-state index in [4.69, 9.17) is 15.6 Å². The minimum atomic E-state index is -3.54. The van der Waals surface area contributed by atoms with Crippen LogP contribution in [0.5, 0.6) is 0 Å². The van der Waals surface area contributed by atoms with Gasteiger partial charge in [0.25, 0.3) is 0 Å². The largest absolute Gasteiger partial charge is 0.397 e. The summed E-state index contributed by atoms with van der Waals surface area (Å²) in [6, 6.07) is 4.32. The van der Waals surface area contributed by atoms with Crippen LogP contribution in [0.4, 0.5) is 11.4 Å². The Bertz CT molecular complexity index is 542. The number of hydrogen-bond donors (Lipinski definition) is 4. The van der Waals surface area contributed by atoms with Gasteiger partial charge in [0.1, 0.15) is 0 Å². The first-order valence-corrected chi connectivity index (χ1v) is 8.18. The lowest BCUT2D eigenvalue weighted by molar-refractivity contribution is 0.170. The Balaban J connectivity index is 3.01. The number of nitrogen functional groups attached to an aromatic ring is 1. The van der Waals surface area contributed by atoms with Crippen LogP contribution < -0.4 is 15.8 Å². The Morgan fingerprint density at radius 1 is 1.43 bits per heavy atom. The third kappa shape index (κ3) is 5.16. The number of rotatable bonds is 9. The Kier molecular flexibility index (Phi) is 6.90. The minimum absolute atomic E-state index is 0.00366. The molecule has 0 saturated heterocycles. The number of aliphatic hydroxyl groups excluding tert-OH is 1. The standard InChI is InChI=1S/C13H23N3O4S/c1-3-15-21(18,19)11-4-5-12(14)13(8-11)16-10(6-7-17)9-20-2/h4-5,8,10,15-17H,3,6-7,9,14H2,1-2H3. The number of methoxy groups -OCH3 is 1. The van der Waals surface area contributed by atoms with E-state index in [1.54, 1.807) is 14.0 Å². The first-order chi connectivity index (χ1) is 9.94. The zero-order valence-corrected chi connectivity index (χ0v) is 13.1. The second kappa shape index (κ2) is 8.18. The van der Waals surface area contributed by atoms with Crippen molar-refractivity contribution in [2.45, 2.75) is 24.3 Å². The molecule has 0 amide bonds. The van der Waals surface area contributed by atoms with Crippen molar-refractivity contribution >= 4 is 21.4 Å². The molecule has 21 heavy (non-hydrogen) atoms. The minimum Gasteiger partial charge on any atom is -0.397 e. The van der Waals surface area contributed by atoms with Crippen LogP contribution in [-0.2, 0) is 14.8 Å². The van der Waals surface area contributed by atoms with E-state index in [9.17, 15) is 8.42 Å². The Morgan fingerprint density at radius 2 is 2.14 bits per heavy atom. The molecule has 8 heteroatoms. The molecule has 1 aromatic carbocycles. The van der Waals surface area contributed by atoms with Crippen molar-refractivity contribution in [1.82, 2.24) is 4.72 Å². The van der Waals surface area contributed by atoms with E-state index in [0.29, 0.717) is 30.9 Å². The third-order valence-corrected chi connectivity index (χ3v) is 4.42. The van der Waals surface area contributed by atoms with Gasteiger partial charge in [-0.05, 0) is 24.6 Å². The molecule has 5 N–H and O–H groups in total. The molecule has 0 aliphatic carbocycles. The molecule has 0 aliphatic rings. The van der Waals surface area contributed by atoms with Gasteiger partial charge >= 0.3 is 0 Å². The highest BCUT2D eigenvalue weighted by Gasteiger charge is 2.16. The highest BCUT2D eigenvalue weighted by molar-refractivity contribution is 7.89. The first kappa shape index (κ1) is 17.7. The number of ether oxygens (including phenoxy) is 1. The van der Waals surface area contributed by atoms with Crippen molar-refractivity contribution in [1.29, 1.82) is 0 Å². The van der Waals surface area contributed by atoms with Crippen LogP contribution >= 0.6 is 0 Å². The molecule has 1 aromatic rings. The maximum atomic E-state index is 12.0. The number of nitrogens with two attached hydrogens (primary N) is 1. The lowest BCUT2D eigenvalue weighted by atomic mass is 10.2. The lowest BCUT2D eigenvalue weighted by Gasteiger charge is -2.20. The van der Waals surface area contributed by atoms with Gasteiger partial charge in [0, 0.05) is 20.3 Å². The Morgan fingerprint density at radius 3 is 2.71 bits per heavy atom. The smallest absolute Gasteiger partial charge is 0.240 e. The molecule has 0 spiro atoms. The number of anilines is 2. The number of hydrogen-bond acceptors (Lipinski definition) is 6. The van der Waals surface area contributed by atoms with E-state index in [-0.39, 0.29) is 17.5 Å². The monoisotopic (exact) mass is 317 g/mol. The molecule has 0 fully saturated rings. The quantitative estimate of drug-likeness (QED) is 0.490. The molecule has 120 valence electrons. The van der Waals surface area contributed by atoms with Gasteiger partial charge < -0.3 is 20.9 Å². The molecule has 7 nitrogen and oxygen atoms in total. The molecule has 0 heterocycles. The second-order valence-electron chi connectivity index (χ2n) is 4.56. The van der Waals surface area contributed by atoms with Crippen LogP contribution in [0.1, 0.15) is 13.3 Å². The molecular weight excluding hydrogens is 294 g/mol. The van der Waals surface area contributed by atoms with E-state index in [1.165, 1.54) is 18.2 Å². The molecule has 0 saturated carbocycles. The third-order valence-electron chi connectivity index (χ3n) is 2.87. The fourth-order valence-electron chi connectivity index (χ4n) is 1.88. The molecular formula is C13H23N3O4S. The van der Waals surface area contributed by atoms with E-state index in [2.05, 4.69) is 10.0 Å². The summed E-state index contributed by atoms with van der Waals surface area (Å²) < 4.78 is 31.5. The SMILES string of the molecule is CCNS(=O)(=O)c1ccc(N)c(NC(CCO)COC)c1. The number of nitrogens with one attached hydrogen (secondary N) is 2. The van der Waals surface area contributed by atoms with Gasteiger partial charge in [-0.1, -0.05) is 6.92 Å². The van der Waals surface area contributed by atoms with Crippen LogP contribution in [0.2, 0.25) is 0 Å². The fraction of sp³-hybridized carbons (Fsp3) is 0.538. The van der Waals surface area contributed by atoms with Crippen molar-refractivity contribution in [2.75, 3.05) is 37.9 Å². The summed E-state index contributed by atoms with van der Waals surface area (Å²) in [4.78, 5) is 0.140. The van der Waals surface area contributed by atoms with Crippen molar-refractivity contribution in [3.05, 3.63) is 18.2 Å². The summed E-state index contributed by atoms with van der Waals surface area (Å²) in [6.45, 7) is 2.40. The van der Waals surface area contributed by atoms with Gasteiger partial charge in [-0.15, -0.1) is 0 Å². The van der Waals surface area contributed by atoms with Crippen molar-refractivity contribution in [3.63, 3.8) is 0 Å². The van der Waals surface area contributed by atoms with E-state index >= 15 is 0 Å². The normalized spacial score (nSPS) is 13.1. The Hall–Kier alpha value is -1.35. The average molecular weight is 317 g/mol. The van der Waals surface area contributed by atoms with Gasteiger partial charge in [-0.3, -0.25) is 0 Å². The van der Waals surface area contributed by atoms with Crippen LogP contribution in [0.15, 0.2) is 23.1 Å². The van der Waals surface area contributed by atoms with Gasteiger partial charge in [0.2, 0.25) is 10.0 Å². The summed E-state index contributed by atoms with van der Waals surface area (Å²) in [7, 11) is -1.98. The zero-order valence-electron chi connectivity index (χ0n) is 12.3. The van der Waals surface area contributed by atoms with Gasteiger partial charge in [-0.2, -0.15) is 0 Å². The zero-order chi connectivity index (χ0) is 15.9. The van der Waals surface area contributed by atoms with E-state index < -0.39 is 10.0 Å². The highest BCUT2D eigenvalue weighted by atomic mass is 32.2. The molecule has 1 rings (SSSR count). The first-order valence-electron chi connectivity index (χ1n) is 6.70. The summed E-state index contributed by atoms with van der Waals surface area (Å²) in [5, 5.41) is 12.1. The molecule has 0 aromatic heterocycles. The van der Waals surface area contributed by atoms with Crippen LogP contribution in [0.3, 0.4) is 0 Å².